The van der Waals surface area contributed by atoms with Gasteiger partial charge in [-0.1, -0.05) is 27.7 Å². The molecule has 2 aromatic rings. The third-order valence-electron chi connectivity index (χ3n) is 3.85. The third kappa shape index (κ3) is 3.04. The molecule has 0 amide bonds. The lowest BCUT2D eigenvalue weighted by atomic mass is 9.85. The SMILES string of the molecule is CC(C)C(Cn1c(N)nc2cc(I)ccc21)C(C)C. The highest BCUT2D eigenvalue weighted by molar-refractivity contribution is 14.1. The standard InChI is InChI=1S/C15H22IN3/c1-9(2)12(10(3)4)8-19-14-6-5-11(16)7-13(14)18-15(19)17/h5-7,9-10,12H,8H2,1-4H3,(H2,17,18). The highest BCUT2D eigenvalue weighted by atomic mass is 127. The van der Waals surface area contributed by atoms with E-state index in [0.717, 1.165) is 17.6 Å². The molecule has 0 radical (unpaired) electrons. The second-order valence-corrected chi connectivity index (χ2v) is 7.11. The molecule has 4 heteroatoms. The minimum atomic E-state index is 0.610. The van der Waals surface area contributed by atoms with Gasteiger partial charge >= 0.3 is 0 Å². The van der Waals surface area contributed by atoms with Crippen molar-refractivity contribution in [3.05, 3.63) is 21.8 Å². The smallest absolute Gasteiger partial charge is 0.201 e. The van der Waals surface area contributed by atoms with Gasteiger partial charge in [-0.25, -0.2) is 4.98 Å². The normalized spacial score (nSPS) is 12.2. The van der Waals surface area contributed by atoms with Crippen LogP contribution in [0.1, 0.15) is 27.7 Å². The summed E-state index contributed by atoms with van der Waals surface area (Å²) in [5.41, 5.74) is 8.24. The van der Waals surface area contributed by atoms with E-state index in [-0.39, 0.29) is 0 Å². The van der Waals surface area contributed by atoms with E-state index in [9.17, 15) is 0 Å². The number of rotatable bonds is 4. The van der Waals surface area contributed by atoms with Gasteiger partial charge < -0.3 is 10.3 Å². The van der Waals surface area contributed by atoms with Crippen LogP contribution >= 0.6 is 22.6 Å². The molecule has 0 saturated carbocycles. The molecule has 0 fully saturated rings. The first-order chi connectivity index (χ1) is 8.90. The Morgan fingerprint density at radius 3 is 2.42 bits per heavy atom. The summed E-state index contributed by atoms with van der Waals surface area (Å²) < 4.78 is 3.36. The Bertz CT molecular complexity index is 564. The summed E-state index contributed by atoms with van der Waals surface area (Å²) in [6, 6.07) is 6.32. The second kappa shape index (κ2) is 5.69. The quantitative estimate of drug-likeness (QED) is 0.821. The molecule has 1 aromatic carbocycles. The van der Waals surface area contributed by atoms with Crippen LogP contribution in [0.5, 0.6) is 0 Å². The lowest BCUT2D eigenvalue weighted by molar-refractivity contribution is 0.255. The average Bonchev–Trinajstić information content (AvgIpc) is 2.60. The van der Waals surface area contributed by atoms with Gasteiger partial charge in [-0.2, -0.15) is 0 Å². The Kier molecular flexibility index (Phi) is 4.38. The molecule has 0 aliphatic carbocycles. The first-order valence-corrected chi connectivity index (χ1v) is 7.89. The van der Waals surface area contributed by atoms with E-state index < -0.39 is 0 Å². The number of aromatic nitrogens is 2. The Labute approximate surface area is 128 Å². The summed E-state index contributed by atoms with van der Waals surface area (Å²) in [6.45, 7) is 10.1. The predicted octanol–water partition coefficient (Wildman–Crippen LogP) is 4.15. The first kappa shape index (κ1) is 14.6. The summed E-state index contributed by atoms with van der Waals surface area (Å²) in [6.07, 6.45) is 0. The van der Waals surface area contributed by atoms with Crippen LogP contribution in [0.25, 0.3) is 11.0 Å². The van der Waals surface area contributed by atoms with E-state index in [4.69, 9.17) is 5.73 Å². The number of nitrogens with two attached hydrogens (primary N) is 1. The van der Waals surface area contributed by atoms with Crippen LogP contribution < -0.4 is 5.73 Å². The molecule has 1 heterocycles. The largest absolute Gasteiger partial charge is 0.369 e. The van der Waals surface area contributed by atoms with Crippen molar-refractivity contribution in [1.29, 1.82) is 0 Å². The molecule has 19 heavy (non-hydrogen) atoms. The van der Waals surface area contributed by atoms with E-state index >= 15 is 0 Å². The fourth-order valence-electron chi connectivity index (χ4n) is 2.72. The summed E-state index contributed by atoms with van der Waals surface area (Å²) >= 11 is 2.31. The number of nitrogen functional groups attached to an aromatic ring is 1. The number of nitrogens with zero attached hydrogens (tertiary/aromatic N) is 2. The Morgan fingerprint density at radius 2 is 1.84 bits per heavy atom. The zero-order valence-corrected chi connectivity index (χ0v) is 14.2. The van der Waals surface area contributed by atoms with Gasteiger partial charge in [0.25, 0.3) is 0 Å². The lowest BCUT2D eigenvalue weighted by Crippen LogP contribution is -2.22. The fourth-order valence-corrected chi connectivity index (χ4v) is 3.19. The monoisotopic (exact) mass is 371 g/mol. The van der Waals surface area contributed by atoms with Crippen LogP contribution in [0.15, 0.2) is 18.2 Å². The molecule has 104 valence electrons. The summed E-state index contributed by atoms with van der Waals surface area (Å²) in [5.74, 6) is 2.52. The molecule has 0 unspecified atom stereocenters. The van der Waals surface area contributed by atoms with E-state index in [2.05, 4.69) is 78.0 Å². The van der Waals surface area contributed by atoms with Crippen molar-refractivity contribution in [3.63, 3.8) is 0 Å². The first-order valence-electron chi connectivity index (χ1n) is 6.81. The number of anilines is 1. The number of halogens is 1. The van der Waals surface area contributed by atoms with Crippen molar-refractivity contribution < 1.29 is 0 Å². The molecule has 0 atom stereocenters. The Morgan fingerprint density at radius 1 is 1.21 bits per heavy atom. The number of fused-ring (bicyclic) bond motifs is 1. The van der Waals surface area contributed by atoms with Crippen molar-refractivity contribution in [1.82, 2.24) is 9.55 Å². The van der Waals surface area contributed by atoms with Crippen LogP contribution in [0.3, 0.4) is 0 Å². The molecule has 0 aliphatic heterocycles. The maximum atomic E-state index is 6.10. The lowest BCUT2D eigenvalue weighted by Gasteiger charge is -2.25. The molecule has 0 saturated heterocycles. The topological polar surface area (TPSA) is 43.8 Å². The fraction of sp³-hybridized carbons (Fsp3) is 0.533. The van der Waals surface area contributed by atoms with Crippen LogP contribution in [0.4, 0.5) is 5.95 Å². The van der Waals surface area contributed by atoms with E-state index in [0.29, 0.717) is 23.7 Å². The summed E-state index contributed by atoms with van der Waals surface area (Å²) in [5, 5.41) is 0. The van der Waals surface area contributed by atoms with E-state index in [1.165, 1.54) is 3.57 Å². The van der Waals surface area contributed by atoms with E-state index in [1.807, 2.05) is 0 Å². The number of benzene rings is 1. The molecule has 2 N–H and O–H groups in total. The van der Waals surface area contributed by atoms with Crippen molar-refractivity contribution >= 4 is 39.6 Å². The molecular weight excluding hydrogens is 349 g/mol. The molecule has 3 nitrogen and oxygen atoms in total. The zero-order valence-electron chi connectivity index (χ0n) is 12.0. The van der Waals surface area contributed by atoms with Crippen LogP contribution in [-0.4, -0.2) is 9.55 Å². The zero-order chi connectivity index (χ0) is 14.2. The van der Waals surface area contributed by atoms with Gasteiger partial charge in [-0.15, -0.1) is 0 Å². The van der Waals surface area contributed by atoms with Gasteiger partial charge in [-0.05, 0) is 58.5 Å². The van der Waals surface area contributed by atoms with Crippen molar-refractivity contribution in [2.75, 3.05) is 5.73 Å². The van der Waals surface area contributed by atoms with E-state index in [1.54, 1.807) is 0 Å². The van der Waals surface area contributed by atoms with Gasteiger partial charge in [0.15, 0.2) is 0 Å². The average molecular weight is 371 g/mol. The highest BCUT2D eigenvalue weighted by Gasteiger charge is 2.20. The number of imidazole rings is 1. The molecular formula is C15H22IN3. The summed E-state index contributed by atoms with van der Waals surface area (Å²) in [7, 11) is 0. The minimum absolute atomic E-state index is 0.610. The van der Waals surface area contributed by atoms with Gasteiger partial charge in [0.1, 0.15) is 0 Å². The Hall–Kier alpha value is -0.780. The molecule has 0 bridgehead atoms. The van der Waals surface area contributed by atoms with Crippen molar-refractivity contribution in [2.45, 2.75) is 34.2 Å². The maximum absolute atomic E-state index is 6.10. The number of hydrogen-bond donors (Lipinski definition) is 1. The number of hydrogen-bond acceptors (Lipinski definition) is 2. The van der Waals surface area contributed by atoms with Gasteiger partial charge in [0.05, 0.1) is 11.0 Å². The van der Waals surface area contributed by atoms with Crippen LogP contribution in [-0.2, 0) is 6.54 Å². The maximum Gasteiger partial charge on any atom is 0.201 e. The summed E-state index contributed by atoms with van der Waals surface area (Å²) in [4.78, 5) is 4.48. The second-order valence-electron chi connectivity index (χ2n) is 5.87. The van der Waals surface area contributed by atoms with Gasteiger partial charge in [0.2, 0.25) is 5.95 Å². The molecule has 0 aliphatic rings. The van der Waals surface area contributed by atoms with Gasteiger partial charge in [0, 0.05) is 10.1 Å². The van der Waals surface area contributed by atoms with Crippen LogP contribution in [0.2, 0.25) is 0 Å². The molecule has 0 spiro atoms. The molecule has 1 aromatic heterocycles. The minimum Gasteiger partial charge on any atom is -0.369 e. The van der Waals surface area contributed by atoms with Gasteiger partial charge in [-0.3, -0.25) is 0 Å². The predicted molar refractivity (Wildman–Crippen MR) is 90.0 cm³/mol. The van der Waals surface area contributed by atoms with Crippen molar-refractivity contribution in [2.24, 2.45) is 17.8 Å². The third-order valence-corrected chi connectivity index (χ3v) is 4.52. The molecule has 2 rings (SSSR count). The van der Waals surface area contributed by atoms with Crippen molar-refractivity contribution in [3.8, 4) is 0 Å². The highest BCUT2D eigenvalue weighted by Crippen LogP contribution is 2.27. The Balaban J connectivity index is 2.42. The van der Waals surface area contributed by atoms with Crippen LogP contribution in [0, 0.1) is 21.3 Å².